The van der Waals surface area contributed by atoms with Crippen LogP contribution in [0.2, 0.25) is 0 Å². The quantitative estimate of drug-likeness (QED) is 0.850. The predicted octanol–water partition coefficient (Wildman–Crippen LogP) is 3.10. The molecule has 2 rings (SSSR count). The summed E-state index contributed by atoms with van der Waals surface area (Å²) in [6, 6.07) is 8.58. The van der Waals surface area contributed by atoms with Crippen LogP contribution >= 0.6 is 0 Å². The number of ketones is 2. The third-order valence-corrected chi connectivity index (χ3v) is 3.08. The number of nitrogens with one attached hydrogen (secondary N) is 1. The van der Waals surface area contributed by atoms with Gasteiger partial charge in [-0.2, -0.15) is 0 Å². The smallest absolute Gasteiger partial charge is 0.201 e. The zero-order valence-electron chi connectivity index (χ0n) is 11.8. The van der Waals surface area contributed by atoms with Gasteiger partial charge in [-0.15, -0.1) is 0 Å². The Balaban J connectivity index is 2.00. The number of aromatic amines is 1. The molecule has 1 heterocycles. The van der Waals surface area contributed by atoms with Crippen LogP contribution in [0.5, 0.6) is 5.75 Å². The fraction of sp³-hybridized carbons (Fsp3) is 0.250. The monoisotopic (exact) mass is 271 g/mol. The van der Waals surface area contributed by atoms with Crippen molar-refractivity contribution in [3.8, 4) is 5.75 Å². The van der Waals surface area contributed by atoms with Crippen LogP contribution in [-0.4, -0.2) is 23.2 Å². The zero-order valence-corrected chi connectivity index (χ0v) is 11.8. The van der Waals surface area contributed by atoms with Crippen LogP contribution in [0.15, 0.2) is 30.3 Å². The lowest BCUT2D eigenvalue weighted by atomic mass is 10.1. The summed E-state index contributed by atoms with van der Waals surface area (Å²) in [5, 5.41) is 0. The Morgan fingerprint density at radius 1 is 1.15 bits per heavy atom. The molecule has 0 aliphatic rings. The van der Waals surface area contributed by atoms with E-state index >= 15 is 0 Å². The molecular formula is C16H17NO3. The molecule has 4 nitrogen and oxygen atoms in total. The normalized spacial score (nSPS) is 10.3. The number of aromatic nitrogens is 1. The van der Waals surface area contributed by atoms with E-state index in [9.17, 15) is 9.59 Å². The molecule has 0 unspecified atom stereocenters. The number of rotatable bonds is 5. The summed E-state index contributed by atoms with van der Waals surface area (Å²) < 4.78 is 5.45. The number of Topliss-reactive ketones (excluding diaryl/α,β-unsaturated/α-hetero) is 2. The van der Waals surface area contributed by atoms with E-state index in [1.807, 2.05) is 19.9 Å². The molecule has 0 saturated carbocycles. The highest BCUT2D eigenvalue weighted by atomic mass is 16.5. The van der Waals surface area contributed by atoms with Gasteiger partial charge in [0.2, 0.25) is 5.78 Å². The predicted molar refractivity (Wildman–Crippen MR) is 76.5 cm³/mol. The van der Waals surface area contributed by atoms with Gasteiger partial charge in [0.05, 0.1) is 0 Å². The van der Waals surface area contributed by atoms with E-state index in [0.717, 1.165) is 11.4 Å². The first kappa shape index (κ1) is 14.1. The van der Waals surface area contributed by atoms with Gasteiger partial charge in [-0.25, -0.2) is 0 Å². The molecule has 20 heavy (non-hydrogen) atoms. The van der Waals surface area contributed by atoms with Gasteiger partial charge in [-0.1, -0.05) is 0 Å². The molecule has 0 spiro atoms. The Hall–Kier alpha value is -2.36. The number of hydrogen-bond acceptors (Lipinski definition) is 3. The average Bonchev–Trinajstić information content (AvgIpc) is 2.75. The van der Waals surface area contributed by atoms with E-state index in [4.69, 9.17) is 4.74 Å². The minimum Gasteiger partial charge on any atom is -0.485 e. The van der Waals surface area contributed by atoms with E-state index in [-0.39, 0.29) is 18.2 Å². The van der Waals surface area contributed by atoms with Crippen molar-refractivity contribution in [2.45, 2.75) is 20.8 Å². The number of H-pyrrole nitrogens is 1. The molecule has 0 atom stereocenters. The van der Waals surface area contributed by atoms with E-state index < -0.39 is 0 Å². The lowest BCUT2D eigenvalue weighted by Gasteiger charge is -2.05. The van der Waals surface area contributed by atoms with Crippen LogP contribution in [0.3, 0.4) is 0 Å². The van der Waals surface area contributed by atoms with Gasteiger partial charge in [-0.05, 0) is 51.1 Å². The lowest BCUT2D eigenvalue weighted by Crippen LogP contribution is -2.12. The summed E-state index contributed by atoms with van der Waals surface area (Å²) in [5.41, 5.74) is 3.09. The molecule has 0 bridgehead atoms. The van der Waals surface area contributed by atoms with Crippen molar-refractivity contribution in [2.75, 3.05) is 6.61 Å². The maximum atomic E-state index is 12.0. The van der Waals surface area contributed by atoms with Crippen molar-refractivity contribution in [3.05, 3.63) is 52.8 Å². The van der Waals surface area contributed by atoms with Crippen LogP contribution in [0, 0.1) is 13.8 Å². The SMILES string of the molecule is CC(=O)c1ccc(OCC(=O)c2cc(C)[nH]c2C)cc1. The molecule has 104 valence electrons. The van der Waals surface area contributed by atoms with Crippen molar-refractivity contribution < 1.29 is 14.3 Å². The molecule has 0 amide bonds. The van der Waals surface area contributed by atoms with E-state index in [1.54, 1.807) is 24.3 Å². The van der Waals surface area contributed by atoms with Crippen LogP contribution < -0.4 is 4.74 Å². The molecular weight excluding hydrogens is 254 g/mol. The first-order valence-electron chi connectivity index (χ1n) is 6.40. The lowest BCUT2D eigenvalue weighted by molar-refractivity contribution is 0.0920. The summed E-state index contributed by atoms with van der Waals surface area (Å²) in [6.07, 6.45) is 0. The fourth-order valence-corrected chi connectivity index (χ4v) is 2.03. The highest BCUT2D eigenvalue weighted by Crippen LogP contribution is 2.14. The molecule has 1 aromatic carbocycles. The Labute approximate surface area is 117 Å². The Kier molecular flexibility index (Phi) is 4.03. The molecule has 1 N–H and O–H groups in total. The first-order valence-corrected chi connectivity index (χ1v) is 6.40. The minimum atomic E-state index is -0.0671. The van der Waals surface area contributed by atoms with Gasteiger partial charge in [0, 0.05) is 22.5 Å². The third kappa shape index (κ3) is 3.15. The van der Waals surface area contributed by atoms with Crippen LogP contribution in [0.1, 0.15) is 39.0 Å². The number of benzene rings is 1. The number of aryl methyl sites for hydroxylation is 2. The van der Waals surface area contributed by atoms with Gasteiger partial charge in [0.15, 0.2) is 12.4 Å². The molecule has 0 saturated heterocycles. The van der Waals surface area contributed by atoms with E-state index in [1.165, 1.54) is 6.92 Å². The van der Waals surface area contributed by atoms with Crippen molar-refractivity contribution in [1.29, 1.82) is 0 Å². The third-order valence-electron chi connectivity index (χ3n) is 3.08. The topological polar surface area (TPSA) is 59.2 Å². The number of carbonyl (C=O) groups excluding carboxylic acids is 2. The van der Waals surface area contributed by atoms with Crippen molar-refractivity contribution in [3.63, 3.8) is 0 Å². The molecule has 1 aromatic heterocycles. The molecule has 0 aliphatic carbocycles. The van der Waals surface area contributed by atoms with Gasteiger partial charge in [0.25, 0.3) is 0 Å². The number of hydrogen-bond donors (Lipinski definition) is 1. The summed E-state index contributed by atoms with van der Waals surface area (Å²) in [6.45, 7) is 5.26. The van der Waals surface area contributed by atoms with Crippen LogP contribution in [-0.2, 0) is 0 Å². The van der Waals surface area contributed by atoms with Crippen molar-refractivity contribution in [1.82, 2.24) is 4.98 Å². The molecule has 0 fully saturated rings. The van der Waals surface area contributed by atoms with Gasteiger partial charge >= 0.3 is 0 Å². The Bertz CT molecular complexity index is 638. The minimum absolute atomic E-state index is 0.00560. The highest BCUT2D eigenvalue weighted by Gasteiger charge is 2.12. The summed E-state index contributed by atoms with van der Waals surface area (Å²) in [4.78, 5) is 26.3. The summed E-state index contributed by atoms with van der Waals surface area (Å²) >= 11 is 0. The Morgan fingerprint density at radius 3 is 2.30 bits per heavy atom. The van der Waals surface area contributed by atoms with Crippen molar-refractivity contribution >= 4 is 11.6 Å². The second-order valence-electron chi connectivity index (χ2n) is 4.78. The van der Waals surface area contributed by atoms with E-state index in [0.29, 0.717) is 16.9 Å². The number of carbonyl (C=O) groups is 2. The molecule has 4 heteroatoms. The molecule has 0 radical (unpaired) electrons. The summed E-state index contributed by atoms with van der Waals surface area (Å²) in [7, 11) is 0. The molecule has 0 aliphatic heterocycles. The van der Waals surface area contributed by atoms with E-state index in [2.05, 4.69) is 4.98 Å². The highest BCUT2D eigenvalue weighted by molar-refractivity contribution is 5.98. The van der Waals surface area contributed by atoms with Gasteiger partial charge in [-0.3, -0.25) is 9.59 Å². The zero-order chi connectivity index (χ0) is 14.7. The largest absolute Gasteiger partial charge is 0.485 e. The fourth-order valence-electron chi connectivity index (χ4n) is 2.03. The molecule has 2 aromatic rings. The first-order chi connectivity index (χ1) is 9.47. The van der Waals surface area contributed by atoms with Crippen molar-refractivity contribution in [2.24, 2.45) is 0 Å². The van der Waals surface area contributed by atoms with Crippen LogP contribution in [0.25, 0.3) is 0 Å². The van der Waals surface area contributed by atoms with Gasteiger partial charge in [0.1, 0.15) is 5.75 Å². The number of ether oxygens (including phenoxy) is 1. The summed E-state index contributed by atoms with van der Waals surface area (Å²) in [5.74, 6) is 0.516. The average molecular weight is 271 g/mol. The maximum absolute atomic E-state index is 12.0. The van der Waals surface area contributed by atoms with Gasteiger partial charge < -0.3 is 9.72 Å². The van der Waals surface area contributed by atoms with Crippen LogP contribution in [0.4, 0.5) is 0 Å². The Morgan fingerprint density at radius 2 is 1.80 bits per heavy atom. The second kappa shape index (κ2) is 5.74. The second-order valence-corrected chi connectivity index (χ2v) is 4.78. The maximum Gasteiger partial charge on any atom is 0.201 e. The standard InChI is InChI=1S/C16H17NO3/c1-10-8-15(11(2)17-10)16(19)9-20-14-6-4-13(5-7-14)12(3)18/h4-8,17H,9H2,1-3H3.